The smallest absolute Gasteiger partial charge is 0.250 e. The van der Waals surface area contributed by atoms with E-state index < -0.39 is 5.91 Å². The van der Waals surface area contributed by atoms with Gasteiger partial charge in [0.05, 0.1) is 43.6 Å². The molecular formula is C24H29N3O4. The Morgan fingerprint density at radius 3 is 2.55 bits per heavy atom. The first-order valence-corrected chi connectivity index (χ1v) is 10.2. The maximum absolute atomic E-state index is 11.9. The van der Waals surface area contributed by atoms with E-state index in [4.69, 9.17) is 19.9 Å². The number of anilines is 1. The molecule has 0 bridgehead atoms. The molecule has 0 aliphatic heterocycles. The van der Waals surface area contributed by atoms with Gasteiger partial charge in [0.2, 0.25) is 0 Å². The van der Waals surface area contributed by atoms with Crippen molar-refractivity contribution in [2.45, 2.75) is 32.4 Å². The van der Waals surface area contributed by atoms with E-state index in [0.717, 1.165) is 35.0 Å². The van der Waals surface area contributed by atoms with Crippen LogP contribution >= 0.6 is 0 Å². The van der Waals surface area contributed by atoms with E-state index in [1.807, 2.05) is 30.3 Å². The second-order valence-electron chi connectivity index (χ2n) is 7.26. The third kappa shape index (κ3) is 4.72. The second-order valence-corrected chi connectivity index (χ2v) is 7.26. The first-order valence-electron chi connectivity index (χ1n) is 10.2. The Labute approximate surface area is 182 Å². The maximum Gasteiger partial charge on any atom is 0.250 e. The highest BCUT2D eigenvalue weighted by Crippen LogP contribution is 2.36. The monoisotopic (exact) mass is 423 g/mol. The maximum atomic E-state index is 11.9. The molecule has 0 saturated heterocycles. The van der Waals surface area contributed by atoms with Crippen molar-refractivity contribution in [2.24, 2.45) is 5.73 Å². The Hall–Kier alpha value is -3.32. The average molecular weight is 424 g/mol. The molecule has 0 saturated carbocycles. The highest BCUT2D eigenvalue weighted by atomic mass is 16.5. The average Bonchev–Trinajstić information content (AvgIpc) is 2.79. The molecule has 1 aromatic heterocycles. The molecule has 0 spiro atoms. The Morgan fingerprint density at radius 2 is 1.90 bits per heavy atom. The van der Waals surface area contributed by atoms with Crippen LogP contribution in [0, 0.1) is 0 Å². The number of primary amides is 1. The number of nitrogens with two attached hydrogens (primary N) is 1. The van der Waals surface area contributed by atoms with Crippen LogP contribution in [0.4, 0.5) is 5.69 Å². The molecule has 164 valence electrons. The van der Waals surface area contributed by atoms with Gasteiger partial charge in [-0.25, -0.2) is 0 Å². The van der Waals surface area contributed by atoms with Gasteiger partial charge < -0.3 is 25.3 Å². The number of aromatic nitrogens is 1. The molecule has 2 aromatic carbocycles. The summed E-state index contributed by atoms with van der Waals surface area (Å²) in [5, 5.41) is 4.51. The molecule has 0 aliphatic carbocycles. The van der Waals surface area contributed by atoms with Gasteiger partial charge >= 0.3 is 0 Å². The number of carbonyl (C=O) groups is 1. The van der Waals surface area contributed by atoms with Crippen LogP contribution in [0.2, 0.25) is 0 Å². The number of nitrogens with one attached hydrogen (secondary N) is 1. The topological polar surface area (TPSA) is 95.7 Å². The summed E-state index contributed by atoms with van der Waals surface area (Å²) in [6.45, 7) is 2.53. The number of hydrogen-bond donors (Lipinski definition) is 2. The molecule has 0 unspecified atom stereocenters. The summed E-state index contributed by atoms with van der Waals surface area (Å²) in [5.41, 5.74) is 9.38. The van der Waals surface area contributed by atoms with Crippen molar-refractivity contribution in [1.82, 2.24) is 4.98 Å². The minimum Gasteiger partial charge on any atom is -0.493 e. The number of rotatable bonds is 10. The number of amides is 1. The van der Waals surface area contributed by atoms with E-state index in [1.54, 1.807) is 33.6 Å². The molecule has 0 aliphatic rings. The SMILES string of the molecule is CCC[C@@H](Nc1c(COC)cnc2c(C(N)=O)cccc12)c1ccc(OC)c(OC)c1. The Kier molecular flexibility index (Phi) is 7.31. The third-order valence-corrected chi connectivity index (χ3v) is 5.25. The molecule has 3 rings (SSSR count). The van der Waals surface area contributed by atoms with E-state index in [0.29, 0.717) is 29.2 Å². The van der Waals surface area contributed by atoms with Gasteiger partial charge in [-0.15, -0.1) is 0 Å². The highest BCUT2D eigenvalue weighted by molar-refractivity contribution is 6.08. The number of pyridine rings is 1. The predicted octanol–water partition coefficient (Wildman–Crippen LogP) is 4.45. The number of para-hydroxylation sites is 1. The minimum absolute atomic E-state index is 0.00301. The fourth-order valence-electron chi connectivity index (χ4n) is 3.75. The Balaban J connectivity index is 2.13. The fourth-order valence-corrected chi connectivity index (χ4v) is 3.75. The zero-order valence-corrected chi connectivity index (χ0v) is 18.4. The van der Waals surface area contributed by atoms with E-state index in [1.165, 1.54) is 0 Å². The molecule has 31 heavy (non-hydrogen) atoms. The summed E-state index contributed by atoms with van der Waals surface area (Å²) in [6.07, 6.45) is 3.60. The lowest BCUT2D eigenvalue weighted by Gasteiger charge is -2.24. The van der Waals surface area contributed by atoms with E-state index in [2.05, 4.69) is 17.2 Å². The molecule has 1 atom stereocenters. The normalized spacial score (nSPS) is 11.9. The lowest BCUT2D eigenvalue weighted by molar-refractivity contribution is 0.100. The standard InChI is InChI=1S/C24H29N3O4/c1-5-7-19(15-10-11-20(30-3)21(12-15)31-4)27-22-16(14-29-2)13-26-23-17(22)8-6-9-18(23)24(25)28/h6,8-13,19H,5,7,14H2,1-4H3,(H2,25,28)(H,26,27)/t19-/m1/s1. The highest BCUT2D eigenvalue weighted by Gasteiger charge is 2.19. The van der Waals surface area contributed by atoms with Crippen LogP contribution in [0.15, 0.2) is 42.6 Å². The molecule has 0 fully saturated rings. The molecule has 0 radical (unpaired) electrons. The van der Waals surface area contributed by atoms with Gasteiger partial charge in [-0.3, -0.25) is 9.78 Å². The summed E-state index contributed by atoms with van der Waals surface area (Å²) >= 11 is 0. The fraction of sp³-hybridized carbons (Fsp3) is 0.333. The zero-order valence-electron chi connectivity index (χ0n) is 18.4. The van der Waals surface area contributed by atoms with Crippen LogP contribution in [-0.4, -0.2) is 32.2 Å². The van der Waals surface area contributed by atoms with Gasteiger partial charge in [-0.05, 0) is 30.2 Å². The van der Waals surface area contributed by atoms with Gasteiger partial charge in [0.15, 0.2) is 11.5 Å². The van der Waals surface area contributed by atoms with Crippen LogP contribution in [0.3, 0.4) is 0 Å². The van der Waals surface area contributed by atoms with Crippen LogP contribution < -0.4 is 20.5 Å². The summed E-state index contributed by atoms with van der Waals surface area (Å²) in [6, 6.07) is 11.4. The first-order chi connectivity index (χ1) is 15.0. The zero-order chi connectivity index (χ0) is 22.4. The van der Waals surface area contributed by atoms with Crippen molar-refractivity contribution in [3.8, 4) is 11.5 Å². The molecule has 3 aromatic rings. The van der Waals surface area contributed by atoms with E-state index in [-0.39, 0.29) is 6.04 Å². The lowest BCUT2D eigenvalue weighted by atomic mass is 9.99. The summed E-state index contributed by atoms with van der Waals surface area (Å²) in [4.78, 5) is 16.4. The van der Waals surface area contributed by atoms with Gasteiger partial charge in [0.25, 0.3) is 5.91 Å². The number of methoxy groups -OCH3 is 3. The van der Waals surface area contributed by atoms with Crippen LogP contribution in [-0.2, 0) is 11.3 Å². The number of ether oxygens (including phenoxy) is 3. The Bertz CT molecular complexity index is 1070. The van der Waals surface area contributed by atoms with Crippen LogP contribution in [0.1, 0.15) is 47.3 Å². The Morgan fingerprint density at radius 1 is 1.13 bits per heavy atom. The lowest BCUT2D eigenvalue weighted by Crippen LogP contribution is -2.15. The van der Waals surface area contributed by atoms with Gasteiger partial charge in [-0.1, -0.05) is 31.5 Å². The molecule has 7 nitrogen and oxygen atoms in total. The van der Waals surface area contributed by atoms with Gasteiger partial charge in [0.1, 0.15) is 0 Å². The van der Waals surface area contributed by atoms with Crippen molar-refractivity contribution in [3.05, 3.63) is 59.3 Å². The van der Waals surface area contributed by atoms with Crippen molar-refractivity contribution in [1.29, 1.82) is 0 Å². The first kappa shape index (κ1) is 22.4. The van der Waals surface area contributed by atoms with Crippen molar-refractivity contribution < 1.29 is 19.0 Å². The number of nitrogens with zero attached hydrogens (tertiary/aromatic N) is 1. The van der Waals surface area contributed by atoms with Gasteiger partial charge in [0, 0.05) is 24.3 Å². The quantitative estimate of drug-likeness (QED) is 0.500. The summed E-state index contributed by atoms with van der Waals surface area (Å²) in [7, 11) is 4.89. The molecule has 3 N–H and O–H groups in total. The van der Waals surface area contributed by atoms with Crippen molar-refractivity contribution in [2.75, 3.05) is 26.6 Å². The summed E-state index contributed by atoms with van der Waals surface area (Å²) in [5.74, 6) is 0.853. The largest absolute Gasteiger partial charge is 0.493 e. The second kappa shape index (κ2) is 10.1. The molecular weight excluding hydrogens is 394 g/mol. The number of benzene rings is 2. The number of fused-ring (bicyclic) bond motifs is 1. The van der Waals surface area contributed by atoms with E-state index >= 15 is 0 Å². The molecule has 7 heteroatoms. The number of carbonyl (C=O) groups excluding carboxylic acids is 1. The molecule has 1 amide bonds. The minimum atomic E-state index is -0.506. The number of hydrogen-bond acceptors (Lipinski definition) is 6. The van der Waals surface area contributed by atoms with E-state index in [9.17, 15) is 4.79 Å². The predicted molar refractivity (Wildman–Crippen MR) is 122 cm³/mol. The molecule has 1 heterocycles. The third-order valence-electron chi connectivity index (χ3n) is 5.25. The van der Waals surface area contributed by atoms with Crippen LogP contribution in [0.5, 0.6) is 11.5 Å². The van der Waals surface area contributed by atoms with Crippen LogP contribution in [0.25, 0.3) is 10.9 Å². The summed E-state index contributed by atoms with van der Waals surface area (Å²) < 4.78 is 16.3. The van der Waals surface area contributed by atoms with Crippen molar-refractivity contribution >= 4 is 22.5 Å². The van der Waals surface area contributed by atoms with Crippen molar-refractivity contribution in [3.63, 3.8) is 0 Å². The van der Waals surface area contributed by atoms with Gasteiger partial charge in [-0.2, -0.15) is 0 Å².